The Kier molecular flexibility index (Phi) is 2.11. The quantitative estimate of drug-likeness (QED) is 0.568. The third-order valence-corrected chi connectivity index (χ3v) is 1.55. The van der Waals surface area contributed by atoms with Gasteiger partial charge < -0.3 is 4.74 Å². The highest BCUT2D eigenvalue weighted by Crippen LogP contribution is 2.21. The predicted molar refractivity (Wildman–Crippen MR) is 43.0 cm³/mol. The van der Waals surface area contributed by atoms with E-state index in [0.29, 0.717) is 12.5 Å². The van der Waals surface area contributed by atoms with E-state index in [1.807, 2.05) is 13.8 Å². The second-order valence-electron chi connectivity index (χ2n) is 2.85. The maximum atomic E-state index is 5.52. The van der Waals surface area contributed by atoms with Crippen molar-refractivity contribution >= 4 is 29.1 Å². The molecule has 0 N–H and O–H groups in total. The van der Waals surface area contributed by atoms with Gasteiger partial charge in [0.25, 0.3) is 0 Å². The molecule has 1 heterocycles. The van der Waals surface area contributed by atoms with Crippen molar-refractivity contribution in [3.05, 3.63) is 0 Å². The van der Waals surface area contributed by atoms with E-state index in [1.54, 1.807) is 0 Å². The zero-order valence-electron chi connectivity index (χ0n) is 5.90. The molecule has 0 unspecified atom stereocenters. The SMILES string of the molecule is CC1(C)COC(C(Cl)Cl)=N1. The van der Waals surface area contributed by atoms with E-state index in [0.717, 1.165) is 0 Å². The Hall–Kier alpha value is 0.0500. The van der Waals surface area contributed by atoms with Gasteiger partial charge in [-0.15, -0.1) is 0 Å². The van der Waals surface area contributed by atoms with Gasteiger partial charge in [-0.05, 0) is 13.8 Å². The van der Waals surface area contributed by atoms with Crippen LogP contribution >= 0.6 is 23.2 Å². The molecule has 1 aliphatic rings. The summed E-state index contributed by atoms with van der Waals surface area (Å²) in [6, 6.07) is 0. The average Bonchev–Trinajstić information content (AvgIpc) is 2.10. The second kappa shape index (κ2) is 2.59. The first kappa shape index (κ1) is 8.15. The van der Waals surface area contributed by atoms with Crippen LogP contribution < -0.4 is 0 Å². The van der Waals surface area contributed by atoms with Crippen LogP contribution in [0.2, 0.25) is 0 Å². The van der Waals surface area contributed by atoms with Gasteiger partial charge in [0.2, 0.25) is 5.90 Å². The van der Waals surface area contributed by atoms with Crippen molar-refractivity contribution in [3.63, 3.8) is 0 Å². The fraction of sp³-hybridized carbons (Fsp3) is 0.833. The molecule has 0 atom stereocenters. The zero-order chi connectivity index (χ0) is 7.78. The molecule has 1 rings (SSSR count). The lowest BCUT2D eigenvalue weighted by Crippen LogP contribution is -2.17. The van der Waals surface area contributed by atoms with Crippen LogP contribution in [0, 0.1) is 0 Å². The number of nitrogens with zero attached hydrogens (tertiary/aromatic N) is 1. The van der Waals surface area contributed by atoms with Crippen LogP contribution in [0.3, 0.4) is 0 Å². The summed E-state index contributed by atoms with van der Waals surface area (Å²) in [4.78, 5) is 3.53. The van der Waals surface area contributed by atoms with Gasteiger partial charge in [0, 0.05) is 0 Å². The van der Waals surface area contributed by atoms with Gasteiger partial charge >= 0.3 is 0 Å². The zero-order valence-corrected chi connectivity index (χ0v) is 7.41. The third kappa shape index (κ3) is 1.77. The molecule has 0 radical (unpaired) electrons. The topological polar surface area (TPSA) is 21.6 Å². The lowest BCUT2D eigenvalue weighted by Gasteiger charge is -2.07. The molecule has 0 fully saturated rings. The number of ether oxygens (including phenoxy) is 1. The Morgan fingerprint density at radius 2 is 2.20 bits per heavy atom. The summed E-state index contributed by atoms with van der Waals surface area (Å²) in [5, 5.41) is 0. The van der Waals surface area contributed by atoms with E-state index < -0.39 is 4.84 Å². The molecule has 10 heavy (non-hydrogen) atoms. The van der Waals surface area contributed by atoms with Crippen molar-refractivity contribution in [2.45, 2.75) is 24.2 Å². The molecule has 0 aromatic heterocycles. The molecule has 4 heteroatoms. The first-order valence-corrected chi connectivity index (χ1v) is 3.89. The molecule has 0 saturated heterocycles. The minimum Gasteiger partial charge on any atom is -0.476 e. The average molecular weight is 182 g/mol. The molecule has 0 bridgehead atoms. The number of aliphatic imine (C=N–C) groups is 1. The Morgan fingerprint density at radius 3 is 2.40 bits per heavy atom. The predicted octanol–water partition coefficient (Wildman–Crippen LogP) is 2.00. The maximum absolute atomic E-state index is 5.52. The minimum atomic E-state index is -0.623. The molecule has 1 aliphatic heterocycles. The van der Waals surface area contributed by atoms with Crippen LogP contribution in [0.1, 0.15) is 13.8 Å². The van der Waals surface area contributed by atoms with Crippen LogP contribution in [0.25, 0.3) is 0 Å². The van der Waals surface area contributed by atoms with Crippen molar-refractivity contribution in [1.29, 1.82) is 0 Å². The van der Waals surface area contributed by atoms with Crippen molar-refractivity contribution < 1.29 is 4.74 Å². The largest absolute Gasteiger partial charge is 0.476 e. The molecule has 0 saturated carbocycles. The molecular formula is C6H9Cl2NO. The smallest absolute Gasteiger partial charge is 0.218 e. The van der Waals surface area contributed by atoms with Gasteiger partial charge in [0.15, 0.2) is 4.84 Å². The molecule has 58 valence electrons. The van der Waals surface area contributed by atoms with E-state index in [-0.39, 0.29) is 5.54 Å². The second-order valence-corrected chi connectivity index (χ2v) is 3.95. The highest BCUT2D eigenvalue weighted by Gasteiger charge is 2.28. The first-order valence-electron chi connectivity index (χ1n) is 3.02. The highest BCUT2D eigenvalue weighted by molar-refractivity contribution is 6.53. The number of hydrogen-bond donors (Lipinski definition) is 0. The molecule has 0 aromatic carbocycles. The van der Waals surface area contributed by atoms with Crippen LogP contribution in [0.15, 0.2) is 4.99 Å². The van der Waals surface area contributed by atoms with Crippen molar-refractivity contribution in [3.8, 4) is 0 Å². The van der Waals surface area contributed by atoms with Gasteiger partial charge in [-0.25, -0.2) is 4.99 Å². The van der Waals surface area contributed by atoms with Crippen LogP contribution in [-0.4, -0.2) is 22.9 Å². The standard InChI is InChI=1S/C6H9Cl2NO/c1-6(2)3-10-5(9-6)4(7)8/h4H,3H2,1-2H3. The Morgan fingerprint density at radius 1 is 1.60 bits per heavy atom. The van der Waals surface area contributed by atoms with Crippen molar-refractivity contribution in [1.82, 2.24) is 0 Å². The molecule has 0 aliphatic carbocycles. The molecule has 0 aromatic rings. The Balaban J connectivity index is 2.66. The molecule has 0 amide bonds. The summed E-state index contributed by atoms with van der Waals surface area (Å²) in [5.74, 6) is 0.438. The Bertz CT molecular complexity index is 165. The maximum Gasteiger partial charge on any atom is 0.218 e. The van der Waals surface area contributed by atoms with Crippen LogP contribution in [-0.2, 0) is 4.74 Å². The number of hydrogen-bond acceptors (Lipinski definition) is 2. The monoisotopic (exact) mass is 181 g/mol. The van der Waals surface area contributed by atoms with Crippen LogP contribution in [0.4, 0.5) is 0 Å². The minimum absolute atomic E-state index is 0.155. The fourth-order valence-electron chi connectivity index (χ4n) is 0.725. The van der Waals surface area contributed by atoms with Crippen LogP contribution in [0.5, 0.6) is 0 Å². The van der Waals surface area contributed by atoms with Crippen molar-refractivity contribution in [2.75, 3.05) is 6.61 Å². The molecule has 0 spiro atoms. The number of alkyl halides is 2. The highest BCUT2D eigenvalue weighted by atomic mass is 35.5. The summed E-state index contributed by atoms with van der Waals surface area (Å²) in [7, 11) is 0. The number of halogens is 2. The third-order valence-electron chi connectivity index (χ3n) is 1.17. The summed E-state index contributed by atoms with van der Waals surface area (Å²) in [6.07, 6.45) is 0. The summed E-state index contributed by atoms with van der Waals surface area (Å²) in [5.41, 5.74) is -0.155. The summed E-state index contributed by atoms with van der Waals surface area (Å²) < 4.78 is 5.12. The summed E-state index contributed by atoms with van der Waals surface area (Å²) >= 11 is 11.0. The van der Waals surface area contributed by atoms with E-state index in [4.69, 9.17) is 27.9 Å². The van der Waals surface area contributed by atoms with Gasteiger partial charge in [0.1, 0.15) is 6.61 Å². The van der Waals surface area contributed by atoms with E-state index in [1.165, 1.54) is 0 Å². The van der Waals surface area contributed by atoms with Gasteiger partial charge in [-0.2, -0.15) is 0 Å². The van der Waals surface area contributed by atoms with Gasteiger partial charge in [-0.3, -0.25) is 0 Å². The summed E-state index contributed by atoms with van der Waals surface area (Å²) in [6.45, 7) is 4.50. The lowest BCUT2D eigenvalue weighted by molar-refractivity contribution is 0.277. The van der Waals surface area contributed by atoms with E-state index in [2.05, 4.69) is 4.99 Å². The number of rotatable bonds is 1. The first-order chi connectivity index (χ1) is 4.51. The molecular weight excluding hydrogens is 173 g/mol. The fourth-order valence-corrected chi connectivity index (χ4v) is 0.949. The van der Waals surface area contributed by atoms with E-state index in [9.17, 15) is 0 Å². The Labute approximate surface area is 70.2 Å². The van der Waals surface area contributed by atoms with Gasteiger partial charge in [0.05, 0.1) is 5.54 Å². The lowest BCUT2D eigenvalue weighted by atomic mass is 10.1. The van der Waals surface area contributed by atoms with E-state index >= 15 is 0 Å². The van der Waals surface area contributed by atoms with Gasteiger partial charge in [-0.1, -0.05) is 23.2 Å². The van der Waals surface area contributed by atoms with Crippen molar-refractivity contribution in [2.24, 2.45) is 4.99 Å². The normalized spacial score (nSPS) is 22.7. The molecule has 2 nitrogen and oxygen atoms in total.